The van der Waals surface area contributed by atoms with Crippen LogP contribution in [-0.4, -0.2) is 19.0 Å². The SMILES string of the molecule is COc1ccc(N=C(N)NC(=O)c2ccccc2)cc1. The summed E-state index contributed by atoms with van der Waals surface area (Å²) in [6.45, 7) is 0. The number of carbonyl (C=O) groups excluding carboxylic acids is 1. The Balaban J connectivity index is 2.05. The minimum absolute atomic E-state index is 0.0454. The van der Waals surface area contributed by atoms with Crippen molar-refractivity contribution in [2.45, 2.75) is 0 Å². The van der Waals surface area contributed by atoms with E-state index in [1.807, 2.05) is 6.07 Å². The number of amides is 1. The normalized spacial score (nSPS) is 10.9. The smallest absolute Gasteiger partial charge is 0.257 e. The molecule has 0 atom stereocenters. The van der Waals surface area contributed by atoms with Crippen molar-refractivity contribution in [2.75, 3.05) is 7.11 Å². The topological polar surface area (TPSA) is 76.7 Å². The summed E-state index contributed by atoms with van der Waals surface area (Å²) in [5.74, 6) is 0.486. The first-order chi connectivity index (χ1) is 9.69. The number of carbonyl (C=O) groups is 1. The zero-order valence-corrected chi connectivity index (χ0v) is 11.0. The first-order valence-corrected chi connectivity index (χ1v) is 6.03. The minimum atomic E-state index is -0.291. The number of rotatable bonds is 3. The van der Waals surface area contributed by atoms with Gasteiger partial charge in [-0.1, -0.05) is 18.2 Å². The highest BCUT2D eigenvalue weighted by atomic mass is 16.5. The fourth-order valence-corrected chi connectivity index (χ4v) is 1.60. The molecular weight excluding hydrogens is 254 g/mol. The highest BCUT2D eigenvalue weighted by Gasteiger charge is 2.05. The number of ether oxygens (including phenoxy) is 1. The van der Waals surface area contributed by atoms with Gasteiger partial charge in [0.25, 0.3) is 5.91 Å². The van der Waals surface area contributed by atoms with Gasteiger partial charge in [0, 0.05) is 5.56 Å². The Bertz CT molecular complexity index is 607. The maximum absolute atomic E-state index is 11.9. The van der Waals surface area contributed by atoms with E-state index >= 15 is 0 Å². The number of benzene rings is 2. The van der Waals surface area contributed by atoms with E-state index < -0.39 is 0 Å². The molecule has 0 aliphatic rings. The molecule has 0 aliphatic heterocycles. The van der Waals surface area contributed by atoms with Crippen LogP contribution in [0.2, 0.25) is 0 Å². The standard InChI is InChI=1S/C15H15N3O2/c1-20-13-9-7-12(8-10-13)17-15(16)18-14(19)11-5-3-2-4-6-11/h2-10H,1H3,(H3,16,17,18,19). The maximum Gasteiger partial charge on any atom is 0.257 e. The van der Waals surface area contributed by atoms with Crippen LogP contribution in [0.5, 0.6) is 5.75 Å². The number of aliphatic imine (C=N–C) groups is 1. The van der Waals surface area contributed by atoms with Crippen molar-refractivity contribution in [3.05, 3.63) is 60.2 Å². The highest BCUT2D eigenvalue weighted by Crippen LogP contribution is 2.17. The molecule has 3 N–H and O–H groups in total. The maximum atomic E-state index is 11.9. The molecule has 0 fully saturated rings. The summed E-state index contributed by atoms with van der Waals surface area (Å²) in [6.07, 6.45) is 0. The van der Waals surface area contributed by atoms with Crippen molar-refractivity contribution in [1.29, 1.82) is 0 Å². The molecule has 5 nitrogen and oxygen atoms in total. The third-order valence-corrected chi connectivity index (χ3v) is 2.60. The van der Waals surface area contributed by atoms with E-state index in [-0.39, 0.29) is 11.9 Å². The van der Waals surface area contributed by atoms with Crippen molar-refractivity contribution in [3.63, 3.8) is 0 Å². The van der Waals surface area contributed by atoms with Crippen molar-refractivity contribution in [2.24, 2.45) is 10.7 Å². The molecule has 0 aromatic heterocycles. The second kappa shape index (κ2) is 6.38. The minimum Gasteiger partial charge on any atom is -0.497 e. The molecule has 2 aromatic carbocycles. The number of guanidine groups is 1. The number of hydrogen-bond acceptors (Lipinski definition) is 3. The first-order valence-electron chi connectivity index (χ1n) is 6.03. The van der Waals surface area contributed by atoms with Crippen LogP contribution in [-0.2, 0) is 0 Å². The van der Waals surface area contributed by atoms with Gasteiger partial charge >= 0.3 is 0 Å². The fourth-order valence-electron chi connectivity index (χ4n) is 1.60. The average Bonchev–Trinajstić information content (AvgIpc) is 2.49. The molecule has 0 unspecified atom stereocenters. The van der Waals surface area contributed by atoms with Crippen molar-refractivity contribution >= 4 is 17.6 Å². The molecule has 20 heavy (non-hydrogen) atoms. The molecule has 0 saturated carbocycles. The number of nitrogens with zero attached hydrogens (tertiary/aromatic N) is 1. The highest BCUT2D eigenvalue weighted by molar-refractivity contribution is 6.05. The summed E-state index contributed by atoms with van der Waals surface area (Å²) in [6, 6.07) is 15.9. The molecule has 102 valence electrons. The van der Waals surface area contributed by atoms with Crippen LogP contribution in [0.15, 0.2) is 59.6 Å². The van der Waals surface area contributed by atoms with E-state index in [1.54, 1.807) is 55.6 Å². The molecule has 0 heterocycles. The Kier molecular flexibility index (Phi) is 4.34. The van der Waals surface area contributed by atoms with Gasteiger partial charge in [0.05, 0.1) is 12.8 Å². The van der Waals surface area contributed by atoms with Gasteiger partial charge in [0.1, 0.15) is 5.75 Å². The zero-order chi connectivity index (χ0) is 14.4. The molecule has 2 rings (SSSR count). The lowest BCUT2D eigenvalue weighted by molar-refractivity contribution is 0.0976. The van der Waals surface area contributed by atoms with Crippen LogP contribution in [0.4, 0.5) is 5.69 Å². The number of nitrogens with two attached hydrogens (primary N) is 1. The van der Waals surface area contributed by atoms with Gasteiger partial charge in [-0.3, -0.25) is 10.1 Å². The molecule has 2 aromatic rings. The molecule has 0 radical (unpaired) electrons. The summed E-state index contributed by atoms with van der Waals surface area (Å²) in [4.78, 5) is 16.0. The number of nitrogens with one attached hydrogen (secondary N) is 1. The summed E-state index contributed by atoms with van der Waals surface area (Å²) in [7, 11) is 1.59. The van der Waals surface area contributed by atoms with Crippen LogP contribution < -0.4 is 15.8 Å². The Labute approximate surface area is 117 Å². The van der Waals surface area contributed by atoms with E-state index in [0.29, 0.717) is 11.3 Å². The average molecular weight is 269 g/mol. The second-order valence-corrected chi connectivity index (χ2v) is 4.02. The Morgan fingerprint density at radius 1 is 1.10 bits per heavy atom. The number of hydrogen-bond donors (Lipinski definition) is 2. The summed E-state index contributed by atoms with van der Waals surface area (Å²) >= 11 is 0. The Morgan fingerprint density at radius 3 is 2.35 bits per heavy atom. The third kappa shape index (κ3) is 3.58. The molecule has 0 spiro atoms. The second-order valence-electron chi connectivity index (χ2n) is 4.02. The van der Waals surface area contributed by atoms with E-state index in [4.69, 9.17) is 10.5 Å². The number of methoxy groups -OCH3 is 1. The van der Waals surface area contributed by atoms with Crippen LogP contribution >= 0.6 is 0 Å². The van der Waals surface area contributed by atoms with Gasteiger partial charge in [-0.05, 0) is 36.4 Å². The van der Waals surface area contributed by atoms with Gasteiger partial charge in [0.2, 0.25) is 5.96 Å². The van der Waals surface area contributed by atoms with E-state index in [9.17, 15) is 4.79 Å². The molecule has 5 heteroatoms. The van der Waals surface area contributed by atoms with E-state index in [1.165, 1.54) is 0 Å². The van der Waals surface area contributed by atoms with Crippen molar-refractivity contribution in [3.8, 4) is 5.75 Å². The molecule has 0 aliphatic carbocycles. The summed E-state index contributed by atoms with van der Waals surface area (Å²) < 4.78 is 5.05. The van der Waals surface area contributed by atoms with E-state index in [0.717, 1.165) is 5.75 Å². The molecular formula is C15H15N3O2. The largest absolute Gasteiger partial charge is 0.497 e. The predicted molar refractivity (Wildman–Crippen MR) is 78.2 cm³/mol. The lowest BCUT2D eigenvalue weighted by Crippen LogP contribution is -2.36. The predicted octanol–water partition coefficient (Wildman–Crippen LogP) is 2.07. The Hall–Kier alpha value is -2.82. The van der Waals surface area contributed by atoms with Gasteiger partial charge in [-0.2, -0.15) is 0 Å². The van der Waals surface area contributed by atoms with Gasteiger partial charge < -0.3 is 10.5 Å². The summed E-state index contributed by atoms with van der Waals surface area (Å²) in [5.41, 5.74) is 6.87. The van der Waals surface area contributed by atoms with Crippen LogP contribution in [0, 0.1) is 0 Å². The van der Waals surface area contributed by atoms with Crippen molar-refractivity contribution in [1.82, 2.24) is 5.32 Å². The summed E-state index contributed by atoms with van der Waals surface area (Å²) in [5, 5.41) is 2.53. The lowest BCUT2D eigenvalue weighted by atomic mass is 10.2. The zero-order valence-electron chi connectivity index (χ0n) is 11.0. The third-order valence-electron chi connectivity index (χ3n) is 2.60. The van der Waals surface area contributed by atoms with Crippen molar-refractivity contribution < 1.29 is 9.53 Å². The van der Waals surface area contributed by atoms with Crippen LogP contribution in [0.1, 0.15) is 10.4 Å². The van der Waals surface area contributed by atoms with Gasteiger partial charge in [-0.25, -0.2) is 4.99 Å². The molecule has 0 bridgehead atoms. The monoisotopic (exact) mass is 269 g/mol. The van der Waals surface area contributed by atoms with Crippen LogP contribution in [0.25, 0.3) is 0 Å². The molecule has 1 amide bonds. The Morgan fingerprint density at radius 2 is 1.75 bits per heavy atom. The van der Waals surface area contributed by atoms with E-state index in [2.05, 4.69) is 10.3 Å². The first kappa shape index (κ1) is 13.6. The lowest BCUT2D eigenvalue weighted by Gasteiger charge is -2.04. The quantitative estimate of drug-likeness (QED) is 0.661. The fraction of sp³-hybridized carbons (Fsp3) is 0.0667. The van der Waals surface area contributed by atoms with Crippen LogP contribution in [0.3, 0.4) is 0 Å². The van der Waals surface area contributed by atoms with Gasteiger partial charge in [0.15, 0.2) is 0 Å². The van der Waals surface area contributed by atoms with Gasteiger partial charge in [-0.15, -0.1) is 0 Å². The molecule has 0 saturated heterocycles.